The summed E-state index contributed by atoms with van der Waals surface area (Å²) in [6, 6.07) is 10.5. The average molecular weight is 383 g/mol. The van der Waals surface area contributed by atoms with Gasteiger partial charge in [0.15, 0.2) is 23.0 Å². The van der Waals surface area contributed by atoms with E-state index in [9.17, 15) is 0 Å². The normalized spacial score (nSPS) is 17.5. The Kier molecular flexibility index (Phi) is 5.62. The molecule has 5 nitrogen and oxygen atoms in total. The molecule has 2 aromatic rings. The average Bonchev–Trinajstić information content (AvgIpc) is 3.19. The van der Waals surface area contributed by atoms with E-state index in [4.69, 9.17) is 18.9 Å². The Bertz CT molecular complexity index is 836. The molecule has 0 radical (unpaired) electrons. The number of methoxy groups -OCH3 is 2. The van der Waals surface area contributed by atoms with Crippen LogP contribution in [0.25, 0.3) is 0 Å². The first kappa shape index (κ1) is 18.9. The van der Waals surface area contributed by atoms with E-state index in [1.54, 1.807) is 14.2 Å². The molecule has 0 saturated heterocycles. The van der Waals surface area contributed by atoms with Gasteiger partial charge in [0.1, 0.15) is 0 Å². The van der Waals surface area contributed by atoms with Gasteiger partial charge in [0.2, 0.25) is 6.79 Å². The number of benzene rings is 2. The van der Waals surface area contributed by atoms with Crippen LogP contribution in [0.1, 0.15) is 35.4 Å². The smallest absolute Gasteiger partial charge is 0.231 e. The molecule has 2 aliphatic rings. The molecular formula is C23H29NO4. The lowest BCUT2D eigenvalue weighted by Gasteiger charge is -2.31. The van der Waals surface area contributed by atoms with Gasteiger partial charge in [-0.05, 0) is 68.0 Å². The number of hydrogen-bond donors (Lipinski definition) is 0. The molecule has 1 atom stereocenters. The maximum absolute atomic E-state index is 5.67. The summed E-state index contributed by atoms with van der Waals surface area (Å²) < 4.78 is 22.0. The third-order valence-corrected chi connectivity index (χ3v) is 5.86. The van der Waals surface area contributed by atoms with Crippen LogP contribution in [-0.2, 0) is 12.8 Å². The van der Waals surface area contributed by atoms with Crippen LogP contribution in [0.4, 0.5) is 0 Å². The van der Waals surface area contributed by atoms with Crippen molar-refractivity contribution in [2.75, 3.05) is 41.1 Å². The van der Waals surface area contributed by atoms with Crippen LogP contribution in [0.5, 0.6) is 23.0 Å². The summed E-state index contributed by atoms with van der Waals surface area (Å²) in [5, 5.41) is 0. The van der Waals surface area contributed by atoms with Gasteiger partial charge in [-0.25, -0.2) is 0 Å². The van der Waals surface area contributed by atoms with E-state index in [0.717, 1.165) is 48.9 Å². The largest absolute Gasteiger partial charge is 0.493 e. The van der Waals surface area contributed by atoms with Gasteiger partial charge in [0.25, 0.3) is 0 Å². The highest BCUT2D eigenvalue weighted by Gasteiger charge is 2.26. The summed E-state index contributed by atoms with van der Waals surface area (Å²) in [4.78, 5) is 2.43. The summed E-state index contributed by atoms with van der Waals surface area (Å²) >= 11 is 0. The molecule has 1 heterocycles. The molecule has 1 aliphatic carbocycles. The summed E-state index contributed by atoms with van der Waals surface area (Å²) in [6.07, 6.45) is 4.47. The molecule has 0 fully saturated rings. The van der Waals surface area contributed by atoms with Gasteiger partial charge in [-0.15, -0.1) is 0 Å². The van der Waals surface area contributed by atoms with Crippen LogP contribution in [0.2, 0.25) is 0 Å². The predicted octanol–water partition coefficient (Wildman–Crippen LogP) is 4.03. The van der Waals surface area contributed by atoms with E-state index >= 15 is 0 Å². The molecule has 0 unspecified atom stereocenters. The molecule has 0 saturated carbocycles. The number of rotatable bonds is 7. The second-order valence-electron chi connectivity index (χ2n) is 7.66. The first-order valence-electron chi connectivity index (χ1n) is 10.0. The fourth-order valence-electron chi connectivity index (χ4n) is 4.40. The quantitative estimate of drug-likeness (QED) is 0.722. The molecule has 0 bridgehead atoms. The first-order chi connectivity index (χ1) is 13.7. The fraction of sp³-hybridized carbons (Fsp3) is 0.478. The number of ether oxygens (including phenoxy) is 4. The molecule has 5 heteroatoms. The topological polar surface area (TPSA) is 40.2 Å². The van der Waals surface area contributed by atoms with Gasteiger partial charge in [0.05, 0.1) is 14.2 Å². The van der Waals surface area contributed by atoms with Crippen LogP contribution >= 0.6 is 0 Å². The van der Waals surface area contributed by atoms with Crippen LogP contribution in [0, 0.1) is 0 Å². The molecule has 0 amide bonds. The second kappa shape index (κ2) is 8.31. The van der Waals surface area contributed by atoms with E-state index in [0.29, 0.717) is 12.7 Å². The summed E-state index contributed by atoms with van der Waals surface area (Å²) in [6.45, 7) is 2.39. The van der Waals surface area contributed by atoms with Crippen molar-refractivity contribution in [2.24, 2.45) is 0 Å². The van der Waals surface area contributed by atoms with Crippen molar-refractivity contribution in [1.29, 1.82) is 0 Å². The van der Waals surface area contributed by atoms with E-state index in [1.165, 1.54) is 29.5 Å². The lowest BCUT2D eigenvalue weighted by atomic mass is 9.82. The van der Waals surface area contributed by atoms with Crippen LogP contribution in [-0.4, -0.2) is 46.0 Å². The molecule has 1 aliphatic heterocycles. The highest BCUT2D eigenvalue weighted by molar-refractivity contribution is 5.53. The highest BCUT2D eigenvalue weighted by Crippen LogP contribution is 2.42. The Morgan fingerprint density at radius 1 is 1.07 bits per heavy atom. The Balaban J connectivity index is 1.41. The Hall–Kier alpha value is -2.40. The van der Waals surface area contributed by atoms with Crippen LogP contribution in [0.15, 0.2) is 30.3 Å². The van der Waals surface area contributed by atoms with Gasteiger partial charge in [-0.3, -0.25) is 0 Å². The molecule has 0 aromatic heterocycles. The SMILES string of the molecule is COc1ccc2c(c1OC)CCC[C@H]2CN(C)CCc1ccc2c(c1)OCO2. The standard InChI is InChI=1S/C23H29NO4/c1-24(12-11-16-7-9-20-22(13-16)28-15-27-20)14-17-5-4-6-19-18(17)8-10-21(25-2)23(19)26-3/h7-10,13,17H,4-6,11-12,14-15H2,1-3H3/t17-/m0/s1. The van der Waals surface area contributed by atoms with Crippen molar-refractivity contribution < 1.29 is 18.9 Å². The van der Waals surface area contributed by atoms with Gasteiger partial charge >= 0.3 is 0 Å². The van der Waals surface area contributed by atoms with E-state index in [1.807, 2.05) is 12.1 Å². The Labute approximate surface area is 167 Å². The maximum atomic E-state index is 5.67. The van der Waals surface area contributed by atoms with Crippen molar-refractivity contribution in [3.63, 3.8) is 0 Å². The lowest BCUT2D eigenvalue weighted by Crippen LogP contribution is -2.28. The zero-order chi connectivity index (χ0) is 19.5. The van der Waals surface area contributed by atoms with E-state index in [-0.39, 0.29) is 0 Å². The van der Waals surface area contributed by atoms with Crippen molar-refractivity contribution in [3.8, 4) is 23.0 Å². The molecule has 2 aromatic carbocycles. The van der Waals surface area contributed by atoms with Crippen LogP contribution in [0.3, 0.4) is 0 Å². The van der Waals surface area contributed by atoms with Gasteiger partial charge < -0.3 is 23.8 Å². The first-order valence-corrected chi connectivity index (χ1v) is 10.0. The molecule has 0 spiro atoms. The van der Waals surface area contributed by atoms with E-state index < -0.39 is 0 Å². The van der Waals surface area contributed by atoms with Crippen molar-refractivity contribution in [2.45, 2.75) is 31.6 Å². The molecule has 150 valence electrons. The maximum Gasteiger partial charge on any atom is 0.231 e. The Morgan fingerprint density at radius 2 is 1.93 bits per heavy atom. The van der Waals surface area contributed by atoms with Gasteiger partial charge in [-0.1, -0.05) is 12.1 Å². The number of nitrogens with zero attached hydrogens (tertiary/aromatic N) is 1. The number of fused-ring (bicyclic) bond motifs is 2. The summed E-state index contributed by atoms with van der Waals surface area (Å²) in [5.41, 5.74) is 4.02. The van der Waals surface area contributed by atoms with Crippen molar-refractivity contribution >= 4 is 0 Å². The summed E-state index contributed by atoms with van der Waals surface area (Å²) in [7, 11) is 5.65. The number of hydrogen-bond acceptors (Lipinski definition) is 5. The van der Waals surface area contributed by atoms with Crippen molar-refractivity contribution in [1.82, 2.24) is 4.90 Å². The molecule has 28 heavy (non-hydrogen) atoms. The zero-order valence-electron chi connectivity index (χ0n) is 17.0. The van der Waals surface area contributed by atoms with Crippen LogP contribution < -0.4 is 18.9 Å². The minimum Gasteiger partial charge on any atom is -0.493 e. The molecular weight excluding hydrogens is 354 g/mol. The molecule has 4 rings (SSSR count). The zero-order valence-corrected chi connectivity index (χ0v) is 17.0. The third-order valence-electron chi connectivity index (χ3n) is 5.86. The van der Waals surface area contributed by atoms with Gasteiger partial charge in [0, 0.05) is 18.7 Å². The number of likely N-dealkylation sites (N-methyl/N-ethyl adjacent to an activating group) is 1. The minimum atomic E-state index is 0.327. The van der Waals surface area contributed by atoms with Crippen molar-refractivity contribution in [3.05, 3.63) is 47.0 Å². The highest BCUT2D eigenvalue weighted by atomic mass is 16.7. The summed E-state index contributed by atoms with van der Waals surface area (Å²) in [5.74, 6) is 3.98. The fourth-order valence-corrected chi connectivity index (χ4v) is 4.40. The monoisotopic (exact) mass is 383 g/mol. The third kappa shape index (κ3) is 3.76. The lowest BCUT2D eigenvalue weighted by molar-refractivity contribution is 0.174. The van der Waals surface area contributed by atoms with Gasteiger partial charge in [-0.2, -0.15) is 0 Å². The van der Waals surface area contributed by atoms with E-state index in [2.05, 4.69) is 30.1 Å². The second-order valence-corrected chi connectivity index (χ2v) is 7.66. The minimum absolute atomic E-state index is 0.327. The Morgan fingerprint density at radius 3 is 2.75 bits per heavy atom. The predicted molar refractivity (Wildman–Crippen MR) is 109 cm³/mol. The molecule has 0 N–H and O–H groups in total.